The molecule has 0 heterocycles. The van der Waals surface area contributed by atoms with Crippen molar-refractivity contribution >= 4 is 17.1 Å². The fraction of sp³-hybridized carbons (Fsp3) is 0.538. The number of non-ortho nitro benzene ring substituents is 1. The molecule has 118 valence electrons. The summed E-state index contributed by atoms with van der Waals surface area (Å²) >= 11 is 0. The van der Waals surface area contributed by atoms with Crippen LogP contribution in [-0.4, -0.2) is 44.9 Å². The van der Waals surface area contributed by atoms with E-state index < -0.39 is 4.92 Å². The molecule has 1 aromatic rings. The molecule has 0 aliphatic heterocycles. The summed E-state index contributed by atoms with van der Waals surface area (Å²) in [6.45, 7) is 3.57. The second-order valence-electron chi connectivity index (χ2n) is 4.63. The van der Waals surface area contributed by atoms with E-state index >= 15 is 0 Å². The van der Waals surface area contributed by atoms with Gasteiger partial charge in [0.25, 0.3) is 5.69 Å². The zero-order valence-electron chi connectivity index (χ0n) is 12.5. The summed E-state index contributed by atoms with van der Waals surface area (Å²) < 4.78 is 10.3. The number of rotatable bonds is 9. The number of hydrogen-bond acceptors (Lipinski definition) is 7. The molecular formula is C13H22N4O4. The third-order valence-electron chi connectivity index (χ3n) is 3.09. The van der Waals surface area contributed by atoms with Crippen molar-refractivity contribution < 1.29 is 14.4 Å². The molecule has 0 aromatic heterocycles. The summed E-state index contributed by atoms with van der Waals surface area (Å²) in [4.78, 5) is 12.6. The lowest BCUT2D eigenvalue weighted by Gasteiger charge is -2.31. The van der Waals surface area contributed by atoms with E-state index in [-0.39, 0.29) is 11.7 Å². The van der Waals surface area contributed by atoms with Gasteiger partial charge in [-0.05, 0) is 13.0 Å². The molecule has 1 atom stereocenters. The molecule has 1 unspecified atom stereocenters. The number of nitrogens with two attached hydrogens (primary N) is 1. The quantitative estimate of drug-likeness (QED) is 0.403. The van der Waals surface area contributed by atoms with Gasteiger partial charge in [-0.2, -0.15) is 0 Å². The van der Waals surface area contributed by atoms with Gasteiger partial charge in [0.1, 0.15) is 0 Å². The Morgan fingerprint density at radius 2 is 2.10 bits per heavy atom. The number of nitro benzene ring substituents is 1. The van der Waals surface area contributed by atoms with Crippen molar-refractivity contribution in [3.8, 4) is 0 Å². The van der Waals surface area contributed by atoms with Gasteiger partial charge in [0, 0.05) is 44.6 Å². The van der Waals surface area contributed by atoms with Crippen LogP contribution in [0.25, 0.3) is 0 Å². The first-order valence-corrected chi connectivity index (χ1v) is 6.54. The van der Waals surface area contributed by atoms with E-state index in [4.69, 9.17) is 15.3 Å². The van der Waals surface area contributed by atoms with Crippen LogP contribution < -0.4 is 16.2 Å². The Hall–Kier alpha value is -1.90. The molecule has 1 aromatic carbocycles. The molecule has 0 aliphatic rings. The second kappa shape index (κ2) is 8.40. The van der Waals surface area contributed by atoms with Crippen molar-refractivity contribution in [3.63, 3.8) is 0 Å². The Morgan fingerprint density at radius 1 is 1.38 bits per heavy atom. The first-order valence-electron chi connectivity index (χ1n) is 6.54. The van der Waals surface area contributed by atoms with E-state index in [0.717, 1.165) is 0 Å². The molecule has 1 rings (SSSR count). The molecule has 0 saturated heterocycles. The maximum Gasteiger partial charge on any atom is 0.273 e. The largest absolute Gasteiger partial charge is 0.383 e. The lowest BCUT2D eigenvalue weighted by molar-refractivity contribution is -0.384. The zero-order valence-corrected chi connectivity index (χ0v) is 12.5. The molecule has 0 fully saturated rings. The Kier molecular flexibility index (Phi) is 6.86. The lowest BCUT2D eigenvalue weighted by atomic mass is 10.2. The first kappa shape index (κ1) is 17.2. The SMILES string of the molecule is COCCN(c1cc(NN)cc([N+](=O)[O-])c1)C(C)COC. The molecule has 8 nitrogen and oxygen atoms in total. The Morgan fingerprint density at radius 3 is 2.62 bits per heavy atom. The van der Waals surface area contributed by atoms with Crippen LogP contribution in [0.1, 0.15) is 6.92 Å². The van der Waals surface area contributed by atoms with Crippen molar-refractivity contribution in [3.05, 3.63) is 28.3 Å². The summed E-state index contributed by atoms with van der Waals surface area (Å²) in [6, 6.07) is 4.70. The number of hydrogen-bond donors (Lipinski definition) is 2. The fourth-order valence-electron chi connectivity index (χ4n) is 2.07. The average Bonchev–Trinajstić information content (AvgIpc) is 2.47. The van der Waals surface area contributed by atoms with Gasteiger partial charge in [0.05, 0.1) is 23.8 Å². The highest BCUT2D eigenvalue weighted by molar-refractivity contribution is 5.64. The minimum absolute atomic E-state index is 0.0208. The fourth-order valence-corrected chi connectivity index (χ4v) is 2.07. The number of benzene rings is 1. The van der Waals surface area contributed by atoms with Crippen molar-refractivity contribution in [2.45, 2.75) is 13.0 Å². The predicted octanol–water partition coefficient (Wildman–Crippen LogP) is 1.37. The highest BCUT2D eigenvalue weighted by atomic mass is 16.6. The van der Waals surface area contributed by atoms with Crippen LogP contribution in [0, 0.1) is 10.1 Å². The number of nitro groups is 1. The molecule has 21 heavy (non-hydrogen) atoms. The minimum atomic E-state index is -0.445. The third kappa shape index (κ3) is 4.85. The molecule has 0 aliphatic carbocycles. The van der Waals surface area contributed by atoms with Crippen LogP contribution in [0.2, 0.25) is 0 Å². The molecule has 0 amide bonds. The maximum atomic E-state index is 11.0. The number of nitrogens with one attached hydrogen (secondary N) is 1. The maximum absolute atomic E-state index is 11.0. The highest BCUT2D eigenvalue weighted by Crippen LogP contribution is 2.27. The minimum Gasteiger partial charge on any atom is -0.383 e. The standard InChI is InChI=1S/C13H22N4O4/c1-10(9-21-3)16(4-5-20-2)12-6-11(15-14)7-13(8-12)17(18)19/h6-8,10,15H,4-5,9,14H2,1-3H3. The first-order chi connectivity index (χ1) is 10.0. The number of nitrogen functional groups attached to an aromatic ring is 1. The lowest BCUT2D eigenvalue weighted by Crippen LogP contribution is -2.38. The van der Waals surface area contributed by atoms with Gasteiger partial charge < -0.3 is 19.8 Å². The van der Waals surface area contributed by atoms with Crippen molar-refractivity contribution in [2.75, 3.05) is 44.3 Å². The average molecular weight is 298 g/mol. The van der Waals surface area contributed by atoms with Gasteiger partial charge in [-0.15, -0.1) is 0 Å². The smallest absolute Gasteiger partial charge is 0.273 e. The zero-order chi connectivity index (χ0) is 15.8. The van der Waals surface area contributed by atoms with Gasteiger partial charge in [-0.1, -0.05) is 0 Å². The van der Waals surface area contributed by atoms with Crippen molar-refractivity contribution in [1.82, 2.24) is 0 Å². The van der Waals surface area contributed by atoms with E-state index in [2.05, 4.69) is 5.43 Å². The number of anilines is 2. The molecule has 0 saturated carbocycles. The summed E-state index contributed by atoms with van der Waals surface area (Å²) in [5, 5.41) is 11.0. The molecule has 8 heteroatoms. The number of hydrazine groups is 1. The Bertz CT molecular complexity index is 469. The number of ether oxygens (including phenoxy) is 2. The van der Waals surface area contributed by atoms with Gasteiger partial charge in [-0.3, -0.25) is 16.0 Å². The van der Waals surface area contributed by atoms with E-state index in [1.165, 1.54) is 12.1 Å². The Labute approximate surface area is 123 Å². The van der Waals surface area contributed by atoms with Crippen LogP contribution in [-0.2, 0) is 9.47 Å². The molecule has 3 N–H and O–H groups in total. The van der Waals surface area contributed by atoms with E-state index in [0.29, 0.717) is 31.1 Å². The molecule has 0 radical (unpaired) electrons. The summed E-state index contributed by atoms with van der Waals surface area (Å²) in [5.74, 6) is 5.38. The summed E-state index contributed by atoms with van der Waals surface area (Å²) in [7, 11) is 3.23. The van der Waals surface area contributed by atoms with Crippen LogP contribution >= 0.6 is 0 Å². The second-order valence-corrected chi connectivity index (χ2v) is 4.63. The van der Waals surface area contributed by atoms with Gasteiger partial charge in [-0.25, -0.2) is 0 Å². The summed E-state index contributed by atoms with van der Waals surface area (Å²) in [5.41, 5.74) is 3.60. The normalized spacial score (nSPS) is 12.0. The van der Waals surface area contributed by atoms with Gasteiger partial charge in [0.15, 0.2) is 0 Å². The van der Waals surface area contributed by atoms with Crippen molar-refractivity contribution in [2.24, 2.45) is 5.84 Å². The van der Waals surface area contributed by atoms with E-state index in [9.17, 15) is 10.1 Å². The van der Waals surface area contributed by atoms with Crippen LogP contribution in [0.15, 0.2) is 18.2 Å². The molecule has 0 spiro atoms. The van der Waals surface area contributed by atoms with Crippen LogP contribution in [0.5, 0.6) is 0 Å². The summed E-state index contributed by atoms with van der Waals surface area (Å²) in [6.07, 6.45) is 0. The van der Waals surface area contributed by atoms with Gasteiger partial charge in [0.2, 0.25) is 0 Å². The van der Waals surface area contributed by atoms with Crippen LogP contribution in [0.3, 0.4) is 0 Å². The third-order valence-corrected chi connectivity index (χ3v) is 3.09. The molecular weight excluding hydrogens is 276 g/mol. The van der Waals surface area contributed by atoms with Crippen molar-refractivity contribution in [1.29, 1.82) is 0 Å². The van der Waals surface area contributed by atoms with Gasteiger partial charge >= 0.3 is 0 Å². The van der Waals surface area contributed by atoms with E-state index in [1.54, 1.807) is 20.3 Å². The monoisotopic (exact) mass is 298 g/mol. The van der Waals surface area contributed by atoms with E-state index in [1.807, 2.05) is 11.8 Å². The predicted molar refractivity (Wildman–Crippen MR) is 81.5 cm³/mol. The molecule has 0 bridgehead atoms. The van der Waals surface area contributed by atoms with Crippen LogP contribution in [0.4, 0.5) is 17.1 Å². The topological polar surface area (TPSA) is 103 Å². The Balaban J connectivity index is 3.15. The number of methoxy groups -OCH3 is 2. The number of nitrogens with zero attached hydrogens (tertiary/aromatic N) is 2. The highest BCUT2D eigenvalue weighted by Gasteiger charge is 2.18.